The van der Waals surface area contributed by atoms with Crippen LogP contribution in [0.15, 0.2) is 23.0 Å². The van der Waals surface area contributed by atoms with Crippen LogP contribution in [0.3, 0.4) is 0 Å². The van der Waals surface area contributed by atoms with Gasteiger partial charge >= 0.3 is 5.69 Å². The number of likely N-dealkylation sites (N-methyl/N-ethyl adjacent to an activating group) is 1. The zero-order valence-electron chi connectivity index (χ0n) is 15.2. The number of benzene rings is 1. The molecule has 1 atom stereocenters. The Kier molecular flexibility index (Phi) is 5.73. The van der Waals surface area contributed by atoms with Gasteiger partial charge in [-0.25, -0.2) is 4.79 Å². The molecule has 7 heteroatoms. The van der Waals surface area contributed by atoms with Crippen molar-refractivity contribution in [1.29, 1.82) is 0 Å². The van der Waals surface area contributed by atoms with E-state index in [1.165, 1.54) is 12.8 Å². The summed E-state index contributed by atoms with van der Waals surface area (Å²) in [6, 6.07) is 6.20. The highest BCUT2D eigenvalue weighted by molar-refractivity contribution is 5.97. The van der Waals surface area contributed by atoms with Gasteiger partial charge in [0.25, 0.3) is 5.91 Å². The maximum atomic E-state index is 12.9. The van der Waals surface area contributed by atoms with Gasteiger partial charge in [-0.15, -0.1) is 12.4 Å². The number of H-pyrrole nitrogens is 1. The highest BCUT2D eigenvalue weighted by Gasteiger charge is 2.29. The number of likely N-dealkylation sites (tertiary alicyclic amines) is 1. The van der Waals surface area contributed by atoms with Crippen LogP contribution < -0.4 is 11.0 Å². The second-order valence-corrected chi connectivity index (χ2v) is 7.32. The molecule has 0 radical (unpaired) electrons. The van der Waals surface area contributed by atoms with E-state index in [0.29, 0.717) is 11.6 Å². The Hall–Kier alpha value is -1.79. The fourth-order valence-corrected chi connectivity index (χ4v) is 4.51. The third kappa shape index (κ3) is 3.28. The minimum absolute atomic E-state index is 0. The van der Waals surface area contributed by atoms with Crippen molar-refractivity contribution in [3.8, 4) is 0 Å². The van der Waals surface area contributed by atoms with Crippen LogP contribution in [0.5, 0.6) is 0 Å². The van der Waals surface area contributed by atoms with Gasteiger partial charge < -0.3 is 15.2 Å². The first-order valence-electron chi connectivity index (χ1n) is 9.39. The van der Waals surface area contributed by atoms with E-state index in [0.717, 1.165) is 49.8 Å². The number of aromatic nitrogens is 2. The summed E-state index contributed by atoms with van der Waals surface area (Å²) in [5.41, 5.74) is 2.30. The number of carbonyl (C=O) groups excluding carboxylic acids is 1. The molecule has 0 spiro atoms. The molecular weight excluding hydrogens is 352 g/mol. The third-order valence-corrected chi connectivity index (χ3v) is 5.73. The number of rotatable bonds is 4. The summed E-state index contributed by atoms with van der Waals surface area (Å²) in [5, 5.41) is 3.17. The van der Waals surface area contributed by atoms with Crippen molar-refractivity contribution in [3.05, 3.63) is 34.2 Å². The lowest BCUT2D eigenvalue weighted by Crippen LogP contribution is -2.40. The number of fused-ring (bicyclic) bond motifs is 1. The summed E-state index contributed by atoms with van der Waals surface area (Å²) in [7, 11) is 1.92. The number of halogens is 1. The first kappa shape index (κ1) is 19.0. The summed E-state index contributed by atoms with van der Waals surface area (Å²) in [6.45, 7) is 1.63. The normalized spacial score (nSPS) is 20.7. The summed E-state index contributed by atoms with van der Waals surface area (Å²) >= 11 is 0. The number of amides is 1. The van der Waals surface area contributed by atoms with E-state index in [1.54, 1.807) is 0 Å². The van der Waals surface area contributed by atoms with Crippen LogP contribution in [-0.4, -0.2) is 46.5 Å². The fraction of sp³-hybridized carbons (Fsp3) is 0.579. The van der Waals surface area contributed by atoms with Gasteiger partial charge in [0.1, 0.15) is 0 Å². The lowest BCUT2D eigenvalue weighted by molar-refractivity contribution is 0.0737. The number of hydrogen-bond donors (Lipinski definition) is 2. The third-order valence-electron chi connectivity index (χ3n) is 5.73. The summed E-state index contributed by atoms with van der Waals surface area (Å²) in [5.74, 6) is 0.0640. The van der Waals surface area contributed by atoms with Crippen LogP contribution in [0, 0.1) is 0 Å². The van der Waals surface area contributed by atoms with Crippen molar-refractivity contribution in [3.63, 3.8) is 0 Å². The highest BCUT2D eigenvalue weighted by Crippen LogP contribution is 2.31. The summed E-state index contributed by atoms with van der Waals surface area (Å²) < 4.78 is 1.89. The Balaban J connectivity index is 0.00000196. The van der Waals surface area contributed by atoms with E-state index < -0.39 is 0 Å². The smallest absolute Gasteiger partial charge is 0.326 e. The first-order chi connectivity index (χ1) is 12.2. The lowest BCUT2D eigenvalue weighted by atomic mass is 10.1. The molecule has 1 unspecified atom stereocenters. The van der Waals surface area contributed by atoms with Gasteiger partial charge in [0.2, 0.25) is 0 Å². The topological polar surface area (TPSA) is 70.1 Å². The van der Waals surface area contributed by atoms with E-state index in [4.69, 9.17) is 0 Å². The van der Waals surface area contributed by atoms with Crippen molar-refractivity contribution >= 4 is 29.3 Å². The molecule has 2 aromatic rings. The molecule has 1 aromatic carbocycles. The molecule has 142 valence electrons. The Morgan fingerprint density at radius 3 is 2.73 bits per heavy atom. The summed E-state index contributed by atoms with van der Waals surface area (Å²) in [6.07, 6.45) is 6.59. The van der Waals surface area contributed by atoms with Gasteiger partial charge in [0.15, 0.2) is 0 Å². The SMILES string of the molecule is CNCC1CCCN1C(=O)c1ccc2c(c1)[nH]c(=O)n2C1CCCC1.Cl. The zero-order chi connectivity index (χ0) is 17.4. The van der Waals surface area contributed by atoms with Crippen molar-refractivity contribution in [2.75, 3.05) is 20.1 Å². The summed E-state index contributed by atoms with van der Waals surface area (Å²) in [4.78, 5) is 30.2. The predicted molar refractivity (Wildman–Crippen MR) is 105 cm³/mol. The van der Waals surface area contributed by atoms with Gasteiger partial charge in [-0.1, -0.05) is 12.8 Å². The van der Waals surface area contributed by atoms with Gasteiger partial charge in [0.05, 0.1) is 11.0 Å². The lowest BCUT2D eigenvalue weighted by Gasteiger charge is -2.24. The number of nitrogens with zero attached hydrogens (tertiary/aromatic N) is 2. The Labute approximate surface area is 159 Å². The molecule has 1 aliphatic heterocycles. The largest absolute Gasteiger partial charge is 0.334 e. The number of imidazole rings is 1. The molecule has 1 aromatic heterocycles. The number of carbonyl (C=O) groups is 1. The fourth-order valence-electron chi connectivity index (χ4n) is 4.51. The predicted octanol–water partition coefficient (Wildman–Crippen LogP) is 2.69. The molecule has 6 nitrogen and oxygen atoms in total. The molecule has 0 bridgehead atoms. The molecule has 2 fully saturated rings. The molecule has 1 aliphatic carbocycles. The quantitative estimate of drug-likeness (QED) is 0.859. The van der Waals surface area contributed by atoms with E-state index in [-0.39, 0.29) is 30.0 Å². The van der Waals surface area contributed by atoms with E-state index >= 15 is 0 Å². The average molecular weight is 379 g/mol. The van der Waals surface area contributed by atoms with Crippen molar-refractivity contribution in [1.82, 2.24) is 19.8 Å². The monoisotopic (exact) mass is 378 g/mol. The second-order valence-electron chi connectivity index (χ2n) is 7.32. The highest BCUT2D eigenvalue weighted by atomic mass is 35.5. The van der Waals surface area contributed by atoms with Gasteiger partial charge in [-0.2, -0.15) is 0 Å². The average Bonchev–Trinajstić information content (AvgIpc) is 3.32. The standard InChI is InChI=1S/C19H26N4O2.ClH/c1-20-12-15-7-4-10-22(15)18(24)13-8-9-17-16(11-13)21-19(25)23(17)14-5-2-3-6-14;/h8-9,11,14-15,20H,2-7,10,12H2,1H3,(H,21,25);1H. The van der Waals surface area contributed by atoms with Crippen LogP contribution in [-0.2, 0) is 0 Å². The minimum Gasteiger partial charge on any atom is -0.334 e. The van der Waals surface area contributed by atoms with Crippen molar-refractivity contribution in [2.24, 2.45) is 0 Å². The van der Waals surface area contributed by atoms with Crippen molar-refractivity contribution < 1.29 is 4.79 Å². The maximum absolute atomic E-state index is 12.9. The molecule has 1 saturated heterocycles. The van der Waals surface area contributed by atoms with Gasteiger partial charge in [0, 0.05) is 30.7 Å². The van der Waals surface area contributed by atoms with Crippen LogP contribution in [0.2, 0.25) is 0 Å². The van der Waals surface area contributed by atoms with E-state index in [1.807, 2.05) is 34.7 Å². The Morgan fingerprint density at radius 2 is 2.00 bits per heavy atom. The molecule has 26 heavy (non-hydrogen) atoms. The molecule has 1 amide bonds. The molecule has 1 saturated carbocycles. The van der Waals surface area contributed by atoms with Crippen LogP contribution >= 0.6 is 12.4 Å². The van der Waals surface area contributed by atoms with E-state index in [9.17, 15) is 9.59 Å². The minimum atomic E-state index is -0.0549. The van der Waals surface area contributed by atoms with Crippen LogP contribution in [0.4, 0.5) is 0 Å². The zero-order valence-corrected chi connectivity index (χ0v) is 16.0. The molecule has 2 aliphatic rings. The van der Waals surface area contributed by atoms with Gasteiger partial charge in [-0.05, 0) is 50.9 Å². The first-order valence-corrected chi connectivity index (χ1v) is 9.39. The number of nitrogens with one attached hydrogen (secondary N) is 2. The van der Waals surface area contributed by atoms with E-state index in [2.05, 4.69) is 10.3 Å². The molecule has 2 heterocycles. The molecule has 2 N–H and O–H groups in total. The molecular formula is C19H27ClN4O2. The van der Waals surface area contributed by atoms with Crippen LogP contribution in [0.25, 0.3) is 11.0 Å². The van der Waals surface area contributed by atoms with Crippen molar-refractivity contribution in [2.45, 2.75) is 50.6 Å². The molecule has 4 rings (SSSR count). The van der Waals surface area contributed by atoms with Crippen LogP contribution in [0.1, 0.15) is 54.9 Å². The maximum Gasteiger partial charge on any atom is 0.326 e. The second kappa shape index (κ2) is 7.84. The Morgan fingerprint density at radius 1 is 1.23 bits per heavy atom. The number of hydrogen-bond acceptors (Lipinski definition) is 3. The Bertz CT molecular complexity index is 838. The van der Waals surface area contributed by atoms with Gasteiger partial charge in [-0.3, -0.25) is 9.36 Å². The number of aromatic amines is 1.